The van der Waals surface area contributed by atoms with E-state index >= 15 is 0 Å². The molecular weight excluding hydrogens is 484 g/mol. The third-order valence-corrected chi connectivity index (χ3v) is 7.94. The number of hydrogen-bond acceptors (Lipinski definition) is 7. The summed E-state index contributed by atoms with van der Waals surface area (Å²) in [6.07, 6.45) is 0. The van der Waals surface area contributed by atoms with Crippen LogP contribution in [0.3, 0.4) is 0 Å². The number of anilines is 1. The van der Waals surface area contributed by atoms with E-state index in [1.165, 1.54) is 28.6 Å². The molecule has 0 atom stereocenters. The van der Waals surface area contributed by atoms with Gasteiger partial charge in [0.25, 0.3) is 5.91 Å². The number of nitrogens with one attached hydrogen (secondary N) is 1. The summed E-state index contributed by atoms with van der Waals surface area (Å²) in [4.78, 5) is 38.6. The molecule has 2 aliphatic rings. The van der Waals surface area contributed by atoms with E-state index in [4.69, 9.17) is 9.47 Å². The number of amides is 1. The lowest BCUT2D eigenvalue weighted by atomic mass is 9.83. The predicted octanol–water partition coefficient (Wildman–Crippen LogP) is 2.50. The molecule has 1 heterocycles. The molecule has 1 aliphatic heterocycles. The number of morpholine rings is 1. The van der Waals surface area contributed by atoms with Crippen molar-refractivity contribution < 1.29 is 32.3 Å². The van der Waals surface area contributed by atoms with Crippen molar-refractivity contribution in [2.75, 3.05) is 38.2 Å². The first-order valence-electron chi connectivity index (χ1n) is 11.3. The van der Waals surface area contributed by atoms with Gasteiger partial charge in [0.05, 0.1) is 29.4 Å². The number of hydrogen-bond donors (Lipinski definition) is 1. The molecule has 9 nitrogen and oxygen atoms in total. The van der Waals surface area contributed by atoms with E-state index in [9.17, 15) is 22.8 Å². The summed E-state index contributed by atoms with van der Waals surface area (Å²) in [6, 6.07) is 17.1. The molecule has 1 N–H and O–H groups in total. The second-order valence-corrected chi connectivity index (χ2v) is 10.2. The van der Waals surface area contributed by atoms with Crippen LogP contribution in [0.15, 0.2) is 71.6 Å². The molecule has 3 aromatic rings. The summed E-state index contributed by atoms with van der Waals surface area (Å²) in [5, 5.41) is 2.65. The number of nitrogens with zero attached hydrogens (tertiary/aromatic N) is 1. The maximum Gasteiger partial charge on any atom is 0.262 e. The van der Waals surface area contributed by atoms with Crippen LogP contribution in [0.5, 0.6) is 5.75 Å². The highest BCUT2D eigenvalue weighted by Gasteiger charge is 2.31. The van der Waals surface area contributed by atoms with Gasteiger partial charge in [0.2, 0.25) is 10.0 Å². The summed E-state index contributed by atoms with van der Waals surface area (Å²) < 4.78 is 37.5. The number of ether oxygens (including phenoxy) is 2. The van der Waals surface area contributed by atoms with E-state index in [0.717, 1.165) is 0 Å². The minimum atomic E-state index is -3.63. The summed E-state index contributed by atoms with van der Waals surface area (Å²) in [5.74, 6) is -0.845. The zero-order chi connectivity index (χ0) is 25.3. The Morgan fingerprint density at radius 3 is 2.19 bits per heavy atom. The molecule has 1 fully saturated rings. The number of ketones is 2. The monoisotopic (exact) mass is 506 g/mol. The lowest BCUT2D eigenvalue weighted by Gasteiger charge is -2.26. The Bertz CT molecular complexity index is 1460. The van der Waals surface area contributed by atoms with E-state index in [2.05, 4.69) is 5.32 Å². The molecule has 0 unspecified atom stereocenters. The van der Waals surface area contributed by atoms with Crippen LogP contribution in [-0.2, 0) is 19.6 Å². The molecule has 0 radical (unpaired) electrons. The molecule has 0 spiro atoms. The fourth-order valence-corrected chi connectivity index (χ4v) is 5.64. The highest BCUT2D eigenvalue weighted by molar-refractivity contribution is 7.89. The van der Waals surface area contributed by atoms with E-state index in [1.54, 1.807) is 42.5 Å². The molecule has 184 valence electrons. The van der Waals surface area contributed by atoms with Crippen LogP contribution in [0.2, 0.25) is 0 Å². The average molecular weight is 507 g/mol. The zero-order valence-electron chi connectivity index (χ0n) is 19.1. The van der Waals surface area contributed by atoms with E-state index < -0.39 is 15.9 Å². The fourth-order valence-electron chi connectivity index (χ4n) is 4.23. The zero-order valence-corrected chi connectivity index (χ0v) is 19.9. The number of carbonyl (C=O) groups excluding carboxylic acids is 3. The summed E-state index contributed by atoms with van der Waals surface area (Å²) >= 11 is 0. The van der Waals surface area contributed by atoms with Crippen molar-refractivity contribution in [2.24, 2.45) is 0 Å². The Labute approximate surface area is 207 Å². The summed E-state index contributed by atoms with van der Waals surface area (Å²) in [6.45, 7) is 0.921. The number of carbonyl (C=O) groups is 3. The van der Waals surface area contributed by atoms with E-state index in [1.807, 2.05) is 0 Å². The van der Waals surface area contributed by atoms with Gasteiger partial charge < -0.3 is 14.8 Å². The third-order valence-electron chi connectivity index (χ3n) is 6.03. The van der Waals surface area contributed by atoms with E-state index in [-0.39, 0.29) is 39.9 Å². The quantitative estimate of drug-likeness (QED) is 0.427. The minimum Gasteiger partial charge on any atom is -0.484 e. The average Bonchev–Trinajstić information content (AvgIpc) is 2.91. The highest BCUT2D eigenvalue weighted by Crippen LogP contribution is 2.32. The lowest BCUT2D eigenvalue weighted by Crippen LogP contribution is -2.40. The van der Waals surface area contributed by atoms with Crippen LogP contribution in [-0.4, -0.2) is 63.1 Å². The molecule has 0 aromatic heterocycles. The highest BCUT2D eigenvalue weighted by atomic mass is 32.2. The maximum atomic E-state index is 13.1. The predicted molar refractivity (Wildman–Crippen MR) is 130 cm³/mol. The Balaban J connectivity index is 1.26. The normalized spacial score (nSPS) is 15.7. The van der Waals surface area contributed by atoms with Crippen LogP contribution in [0, 0.1) is 0 Å². The van der Waals surface area contributed by atoms with Crippen molar-refractivity contribution in [3.05, 3.63) is 89.0 Å². The largest absolute Gasteiger partial charge is 0.484 e. The second-order valence-electron chi connectivity index (χ2n) is 8.26. The van der Waals surface area contributed by atoms with Gasteiger partial charge in [-0.3, -0.25) is 14.4 Å². The first-order valence-corrected chi connectivity index (χ1v) is 12.7. The second kappa shape index (κ2) is 9.65. The molecule has 0 bridgehead atoms. The smallest absolute Gasteiger partial charge is 0.262 e. The van der Waals surface area contributed by atoms with Gasteiger partial charge in [0, 0.05) is 29.8 Å². The summed E-state index contributed by atoms with van der Waals surface area (Å²) in [7, 11) is -3.63. The molecule has 1 amide bonds. The molecular formula is C26H22N2O7S. The lowest BCUT2D eigenvalue weighted by molar-refractivity contribution is -0.118. The topological polar surface area (TPSA) is 119 Å². The minimum absolute atomic E-state index is 0.126. The SMILES string of the molecule is O=C(COc1ccc(S(=O)(=O)N2CCOCC2)cc1)Nc1cccc2c1C(=O)c1ccccc1C2=O. The van der Waals surface area contributed by atoms with Crippen molar-refractivity contribution in [1.82, 2.24) is 4.31 Å². The third kappa shape index (κ3) is 4.41. The van der Waals surface area contributed by atoms with Gasteiger partial charge in [0.15, 0.2) is 18.2 Å². The van der Waals surface area contributed by atoms with Crippen LogP contribution in [0.4, 0.5) is 5.69 Å². The molecule has 36 heavy (non-hydrogen) atoms. The van der Waals surface area contributed by atoms with E-state index in [0.29, 0.717) is 43.2 Å². The number of fused-ring (bicyclic) bond motifs is 2. The molecule has 1 saturated heterocycles. The van der Waals surface area contributed by atoms with Gasteiger partial charge >= 0.3 is 0 Å². The fraction of sp³-hybridized carbons (Fsp3) is 0.192. The number of benzene rings is 3. The number of rotatable bonds is 6. The molecule has 0 saturated carbocycles. The number of sulfonamides is 1. The Kier molecular flexibility index (Phi) is 6.40. The first-order chi connectivity index (χ1) is 17.4. The molecule has 3 aromatic carbocycles. The van der Waals surface area contributed by atoms with Gasteiger partial charge in [-0.2, -0.15) is 4.31 Å². The van der Waals surface area contributed by atoms with Crippen molar-refractivity contribution in [3.63, 3.8) is 0 Å². The Hall–Kier alpha value is -3.86. The molecule has 10 heteroatoms. The van der Waals surface area contributed by atoms with Crippen molar-refractivity contribution in [2.45, 2.75) is 4.90 Å². The van der Waals surface area contributed by atoms with Gasteiger partial charge in [-0.15, -0.1) is 0 Å². The molecule has 1 aliphatic carbocycles. The summed E-state index contributed by atoms with van der Waals surface area (Å²) in [5.41, 5.74) is 1.23. The van der Waals surface area contributed by atoms with Gasteiger partial charge in [-0.1, -0.05) is 36.4 Å². The van der Waals surface area contributed by atoms with Crippen LogP contribution in [0.1, 0.15) is 31.8 Å². The Morgan fingerprint density at radius 1 is 0.861 bits per heavy atom. The van der Waals surface area contributed by atoms with Gasteiger partial charge in [-0.25, -0.2) is 8.42 Å². The van der Waals surface area contributed by atoms with Gasteiger partial charge in [-0.05, 0) is 30.3 Å². The first kappa shape index (κ1) is 23.9. The van der Waals surface area contributed by atoms with Crippen molar-refractivity contribution in [3.8, 4) is 5.75 Å². The maximum absolute atomic E-state index is 13.1. The molecule has 5 rings (SSSR count). The van der Waals surface area contributed by atoms with Crippen LogP contribution in [0.25, 0.3) is 0 Å². The van der Waals surface area contributed by atoms with Gasteiger partial charge in [0.1, 0.15) is 5.75 Å². The van der Waals surface area contributed by atoms with Crippen molar-refractivity contribution in [1.29, 1.82) is 0 Å². The Morgan fingerprint density at radius 2 is 1.50 bits per heavy atom. The van der Waals surface area contributed by atoms with Crippen LogP contribution >= 0.6 is 0 Å². The standard InChI is InChI=1S/C26H22N2O7S/c29-23(16-35-17-8-10-18(11-9-17)36(32,33)28-12-14-34-15-13-28)27-22-7-3-6-21-24(22)26(31)20-5-2-1-4-19(20)25(21)30/h1-11H,12-16H2,(H,27,29). The van der Waals surface area contributed by atoms with Crippen LogP contribution < -0.4 is 10.1 Å². The van der Waals surface area contributed by atoms with Crippen molar-refractivity contribution >= 4 is 33.2 Å².